The molecule has 1 aromatic heterocycles. The summed E-state index contributed by atoms with van der Waals surface area (Å²) in [5.74, 6) is -1.23. The van der Waals surface area contributed by atoms with Crippen LogP contribution in [0.25, 0.3) is 0 Å². The molecule has 2 N–H and O–H groups in total. The fraction of sp³-hybridized carbons (Fsp3) is 0.500. The zero-order valence-electron chi connectivity index (χ0n) is 20.5. The number of halogens is 1. The van der Waals surface area contributed by atoms with Gasteiger partial charge in [0.15, 0.2) is 15.7 Å². The number of rotatable bonds is 9. The first kappa shape index (κ1) is 26.2. The Balaban J connectivity index is 1.46. The quantitative estimate of drug-likeness (QED) is 0.503. The minimum Gasteiger partial charge on any atom is -0.355 e. The largest absolute Gasteiger partial charge is 0.355 e. The molecule has 2 heterocycles. The molecule has 2 aliphatic rings. The van der Waals surface area contributed by atoms with Crippen LogP contribution in [-0.4, -0.2) is 69.7 Å². The van der Waals surface area contributed by atoms with Gasteiger partial charge in [-0.3, -0.25) is 14.4 Å². The van der Waals surface area contributed by atoms with E-state index in [-0.39, 0.29) is 37.1 Å². The second kappa shape index (κ2) is 9.51. The van der Waals surface area contributed by atoms with Gasteiger partial charge in [0.1, 0.15) is 10.4 Å². The molecule has 4 rings (SSSR count). The highest BCUT2D eigenvalue weighted by Gasteiger charge is 2.62. The van der Waals surface area contributed by atoms with E-state index in [1.807, 2.05) is 0 Å². The zero-order valence-corrected chi connectivity index (χ0v) is 22.1. The van der Waals surface area contributed by atoms with Crippen molar-refractivity contribution in [3.63, 3.8) is 0 Å². The smallest absolute Gasteiger partial charge is 0.287 e. The number of sulfone groups is 1. The number of hydrogen-bond acceptors (Lipinski definition) is 6. The van der Waals surface area contributed by atoms with Crippen molar-refractivity contribution in [2.75, 3.05) is 19.6 Å². The van der Waals surface area contributed by atoms with E-state index in [4.69, 9.17) is 11.6 Å². The molecule has 3 amide bonds. The van der Waals surface area contributed by atoms with Crippen molar-refractivity contribution in [3.05, 3.63) is 52.6 Å². The SMILES string of the molecule is CCNC(=O)C(C)(C)S(=O)(=O)C1(CN2CCn3c(cnc3C(=O)NCc3ccc(Cl)cc3)C2=O)CC1. The van der Waals surface area contributed by atoms with Crippen molar-refractivity contribution in [1.29, 1.82) is 0 Å². The average molecular weight is 536 g/mol. The lowest BCUT2D eigenvalue weighted by atomic mass is 10.2. The third-order valence-corrected chi connectivity index (χ3v) is 10.4. The summed E-state index contributed by atoms with van der Waals surface area (Å²) in [5.41, 5.74) is 1.10. The number of nitrogens with one attached hydrogen (secondary N) is 2. The highest BCUT2D eigenvalue weighted by molar-refractivity contribution is 7.95. The summed E-state index contributed by atoms with van der Waals surface area (Å²) >= 11 is 5.89. The molecule has 0 saturated heterocycles. The molecule has 0 spiro atoms. The first-order valence-electron chi connectivity index (χ1n) is 11.8. The molecule has 12 heteroatoms. The summed E-state index contributed by atoms with van der Waals surface area (Å²) in [6, 6.07) is 7.08. The van der Waals surface area contributed by atoms with Crippen LogP contribution in [0, 0.1) is 0 Å². The molecule has 194 valence electrons. The van der Waals surface area contributed by atoms with E-state index in [0.29, 0.717) is 31.0 Å². The molecule has 0 radical (unpaired) electrons. The maximum Gasteiger partial charge on any atom is 0.287 e. The van der Waals surface area contributed by atoms with Gasteiger partial charge >= 0.3 is 0 Å². The summed E-state index contributed by atoms with van der Waals surface area (Å²) in [6.07, 6.45) is 2.12. The van der Waals surface area contributed by atoms with Crippen molar-refractivity contribution in [2.45, 2.75) is 56.2 Å². The molecule has 1 aromatic carbocycles. The Morgan fingerprint density at radius 3 is 2.42 bits per heavy atom. The van der Waals surface area contributed by atoms with E-state index in [2.05, 4.69) is 15.6 Å². The van der Waals surface area contributed by atoms with Gasteiger partial charge in [0.25, 0.3) is 11.8 Å². The maximum atomic E-state index is 13.5. The zero-order chi connectivity index (χ0) is 26.3. The second-order valence-corrected chi connectivity index (χ2v) is 13.0. The van der Waals surface area contributed by atoms with E-state index in [1.165, 1.54) is 24.9 Å². The third kappa shape index (κ3) is 4.50. The van der Waals surface area contributed by atoms with Crippen LogP contribution in [0.4, 0.5) is 0 Å². The van der Waals surface area contributed by atoms with Gasteiger partial charge in [-0.2, -0.15) is 0 Å². The first-order chi connectivity index (χ1) is 16.9. The van der Waals surface area contributed by atoms with Gasteiger partial charge in [0.05, 0.1) is 10.9 Å². The van der Waals surface area contributed by atoms with Crippen LogP contribution in [-0.2, 0) is 27.7 Å². The van der Waals surface area contributed by atoms with Gasteiger partial charge in [0, 0.05) is 37.7 Å². The Hall–Kier alpha value is -2.92. The Kier molecular flexibility index (Phi) is 6.91. The predicted molar refractivity (Wildman–Crippen MR) is 134 cm³/mol. The van der Waals surface area contributed by atoms with Crippen molar-refractivity contribution < 1.29 is 22.8 Å². The van der Waals surface area contributed by atoms with Crippen LogP contribution in [0.1, 0.15) is 60.3 Å². The van der Waals surface area contributed by atoms with Gasteiger partial charge in [-0.15, -0.1) is 0 Å². The van der Waals surface area contributed by atoms with E-state index < -0.39 is 31.1 Å². The number of aromatic nitrogens is 2. The van der Waals surface area contributed by atoms with Crippen molar-refractivity contribution in [3.8, 4) is 0 Å². The fourth-order valence-electron chi connectivity index (χ4n) is 4.49. The topological polar surface area (TPSA) is 130 Å². The molecule has 0 unspecified atom stereocenters. The molecule has 0 bridgehead atoms. The van der Waals surface area contributed by atoms with E-state index >= 15 is 0 Å². The lowest BCUT2D eigenvalue weighted by molar-refractivity contribution is -0.122. The average Bonchev–Trinajstić information content (AvgIpc) is 3.50. The minimum atomic E-state index is -3.89. The number of hydrogen-bond donors (Lipinski definition) is 2. The molecule has 1 saturated carbocycles. The molecule has 36 heavy (non-hydrogen) atoms. The van der Waals surface area contributed by atoms with Crippen LogP contribution in [0.2, 0.25) is 5.02 Å². The number of carbonyl (C=O) groups excluding carboxylic acids is 3. The number of benzene rings is 1. The fourth-order valence-corrected chi connectivity index (χ4v) is 6.98. The standard InChI is InChI=1S/C24H30ClN5O5S/c1-4-26-22(33)23(2,3)36(34,35)24(9-10-24)15-29-11-12-30-18(21(29)32)14-27-19(30)20(31)28-13-16-5-7-17(25)8-6-16/h5-8,14H,4,9-13,15H2,1-3H3,(H,26,33)(H,28,31). The summed E-state index contributed by atoms with van der Waals surface area (Å²) in [4.78, 5) is 44.1. The van der Waals surface area contributed by atoms with E-state index in [0.717, 1.165) is 5.56 Å². The monoisotopic (exact) mass is 535 g/mol. The second-order valence-electron chi connectivity index (χ2n) is 9.71. The summed E-state index contributed by atoms with van der Waals surface area (Å²) in [6.45, 7) is 5.70. The molecule has 1 aliphatic carbocycles. The lowest BCUT2D eigenvalue weighted by Gasteiger charge is -2.35. The highest BCUT2D eigenvalue weighted by Crippen LogP contribution is 2.49. The van der Waals surface area contributed by atoms with Crippen molar-refractivity contribution in [1.82, 2.24) is 25.1 Å². The van der Waals surface area contributed by atoms with Crippen LogP contribution in [0.15, 0.2) is 30.5 Å². The van der Waals surface area contributed by atoms with Crippen molar-refractivity contribution in [2.24, 2.45) is 0 Å². The molecule has 2 aromatic rings. The molecule has 1 aliphatic heterocycles. The van der Waals surface area contributed by atoms with Gasteiger partial charge < -0.3 is 20.1 Å². The van der Waals surface area contributed by atoms with E-state index in [1.54, 1.807) is 35.8 Å². The van der Waals surface area contributed by atoms with Crippen LogP contribution < -0.4 is 10.6 Å². The first-order valence-corrected chi connectivity index (χ1v) is 13.7. The maximum absolute atomic E-state index is 13.5. The van der Waals surface area contributed by atoms with Crippen molar-refractivity contribution >= 4 is 39.2 Å². The Labute approximate surface area is 215 Å². The summed E-state index contributed by atoms with van der Waals surface area (Å²) < 4.78 is 25.8. The number of nitrogens with zero attached hydrogens (tertiary/aromatic N) is 3. The molecule has 1 fully saturated rings. The van der Waals surface area contributed by atoms with Gasteiger partial charge in [-0.1, -0.05) is 23.7 Å². The number of fused-ring (bicyclic) bond motifs is 1. The normalized spacial score (nSPS) is 16.9. The number of amides is 3. The van der Waals surface area contributed by atoms with E-state index in [9.17, 15) is 22.8 Å². The molecule has 0 atom stereocenters. The number of imidazole rings is 1. The van der Waals surface area contributed by atoms with Gasteiger partial charge in [-0.25, -0.2) is 13.4 Å². The lowest BCUT2D eigenvalue weighted by Crippen LogP contribution is -2.56. The highest BCUT2D eigenvalue weighted by atomic mass is 35.5. The number of carbonyl (C=O) groups is 3. The summed E-state index contributed by atoms with van der Waals surface area (Å²) in [5, 5.41) is 6.00. The molecular weight excluding hydrogens is 506 g/mol. The Morgan fingerprint density at radius 2 is 1.81 bits per heavy atom. The van der Waals surface area contributed by atoms with Crippen LogP contribution in [0.5, 0.6) is 0 Å². The van der Waals surface area contributed by atoms with Gasteiger partial charge in [0.2, 0.25) is 5.91 Å². The Bertz CT molecular complexity index is 1300. The summed E-state index contributed by atoms with van der Waals surface area (Å²) in [7, 11) is -3.89. The molecule has 10 nitrogen and oxygen atoms in total. The van der Waals surface area contributed by atoms with Crippen LogP contribution >= 0.6 is 11.6 Å². The molecular formula is C24H30ClN5O5S. The predicted octanol–water partition coefficient (Wildman–Crippen LogP) is 1.78. The minimum absolute atomic E-state index is 0.000276. The van der Waals surface area contributed by atoms with Crippen LogP contribution in [0.3, 0.4) is 0 Å². The third-order valence-electron chi connectivity index (χ3n) is 6.94. The van der Waals surface area contributed by atoms with Gasteiger partial charge in [-0.05, 0) is 51.3 Å². The Morgan fingerprint density at radius 1 is 1.14 bits per heavy atom.